The fourth-order valence-corrected chi connectivity index (χ4v) is 2.30. The van der Waals surface area contributed by atoms with Crippen LogP contribution in [0.5, 0.6) is 17.2 Å². The zero-order chi connectivity index (χ0) is 15.2. The summed E-state index contributed by atoms with van der Waals surface area (Å²) in [5, 5.41) is 0. The Hall–Kier alpha value is -1.79. The van der Waals surface area contributed by atoms with E-state index in [1.54, 1.807) is 12.1 Å². The van der Waals surface area contributed by atoms with Crippen LogP contribution < -0.4 is 14.2 Å². The highest BCUT2D eigenvalue weighted by molar-refractivity contribution is 5.98. The second kappa shape index (κ2) is 7.28. The minimum atomic E-state index is 0.0242. The van der Waals surface area contributed by atoms with Gasteiger partial charge in [-0.1, -0.05) is 0 Å². The topological polar surface area (TPSA) is 57.2 Å². The van der Waals surface area contributed by atoms with E-state index >= 15 is 0 Å². The maximum Gasteiger partial charge on any atom is 0.203 e. The summed E-state index contributed by atoms with van der Waals surface area (Å²) in [4.78, 5) is 14.5. The zero-order valence-electron chi connectivity index (χ0n) is 12.7. The van der Waals surface area contributed by atoms with Gasteiger partial charge in [-0.05, 0) is 12.1 Å². The van der Waals surface area contributed by atoms with Gasteiger partial charge in [0.1, 0.15) is 0 Å². The molecular weight excluding hydrogens is 274 g/mol. The zero-order valence-corrected chi connectivity index (χ0v) is 12.7. The molecule has 1 saturated heterocycles. The monoisotopic (exact) mass is 295 g/mol. The number of ketones is 1. The minimum absolute atomic E-state index is 0.0242. The molecule has 1 aromatic rings. The Balaban J connectivity index is 2.19. The molecule has 0 aliphatic carbocycles. The molecule has 21 heavy (non-hydrogen) atoms. The van der Waals surface area contributed by atoms with Crippen molar-refractivity contribution in [3.8, 4) is 17.2 Å². The maximum atomic E-state index is 12.4. The molecule has 1 aromatic carbocycles. The molecule has 1 fully saturated rings. The molecule has 2 rings (SSSR count). The molecule has 0 N–H and O–H groups in total. The summed E-state index contributed by atoms with van der Waals surface area (Å²) in [6.45, 7) is 3.25. The lowest BCUT2D eigenvalue weighted by Gasteiger charge is -2.25. The quantitative estimate of drug-likeness (QED) is 0.736. The van der Waals surface area contributed by atoms with E-state index in [2.05, 4.69) is 4.90 Å². The van der Waals surface area contributed by atoms with Crippen LogP contribution in [0.25, 0.3) is 0 Å². The Morgan fingerprint density at radius 1 is 1.10 bits per heavy atom. The normalized spacial score (nSPS) is 15.6. The van der Waals surface area contributed by atoms with E-state index in [9.17, 15) is 4.79 Å². The Labute approximate surface area is 124 Å². The predicted octanol–water partition coefficient (Wildman–Crippen LogP) is 1.23. The maximum absolute atomic E-state index is 12.4. The molecule has 6 nitrogen and oxygen atoms in total. The third kappa shape index (κ3) is 3.65. The van der Waals surface area contributed by atoms with Crippen LogP contribution in [-0.4, -0.2) is 64.9 Å². The van der Waals surface area contributed by atoms with Crippen molar-refractivity contribution < 1.29 is 23.7 Å². The Bertz CT molecular complexity index is 472. The highest BCUT2D eigenvalue weighted by atomic mass is 16.5. The van der Waals surface area contributed by atoms with Crippen molar-refractivity contribution in [3.05, 3.63) is 17.7 Å². The average Bonchev–Trinajstić information content (AvgIpc) is 2.54. The van der Waals surface area contributed by atoms with Gasteiger partial charge in [-0.2, -0.15) is 0 Å². The van der Waals surface area contributed by atoms with Gasteiger partial charge in [-0.25, -0.2) is 0 Å². The van der Waals surface area contributed by atoms with Crippen molar-refractivity contribution >= 4 is 5.78 Å². The number of carbonyl (C=O) groups is 1. The van der Waals surface area contributed by atoms with E-state index < -0.39 is 0 Å². The summed E-state index contributed by atoms with van der Waals surface area (Å²) in [6.07, 6.45) is 0. The number of methoxy groups -OCH3 is 3. The second-order valence-electron chi connectivity index (χ2n) is 4.73. The van der Waals surface area contributed by atoms with Crippen LogP contribution in [0.1, 0.15) is 10.4 Å². The lowest BCUT2D eigenvalue weighted by Crippen LogP contribution is -2.39. The van der Waals surface area contributed by atoms with E-state index in [1.807, 2.05) is 0 Å². The van der Waals surface area contributed by atoms with Gasteiger partial charge in [-0.15, -0.1) is 0 Å². The number of ether oxygens (including phenoxy) is 4. The van der Waals surface area contributed by atoms with Gasteiger partial charge in [0.05, 0.1) is 41.1 Å². The van der Waals surface area contributed by atoms with E-state index in [-0.39, 0.29) is 5.78 Å². The van der Waals surface area contributed by atoms with Gasteiger partial charge in [0, 0.05) is 18.7 Å². The molecule has 0 aromatic heterocycles. The second-order valence-corrected chi connectivity index (χ2v) is 4.73. The number of Topliss-reactive ketones (excluding diaryl/α,β-unsaturated/α-hetero) is 1. The van der Waals surface area contributed by atoms with Gasteiger partial charge in [0.15, 0.2) is 17.3 Å². The SMILES string of the molecule is COc1cc(C(=O)CN2CCOCC2)cc(OC)c1OC. The molecule has 0 radical (unpaired) electrons. The van der Waals surface area contributed by atoms with Crippen LogP contribution in [0, 0.1) is 0 Å². The van der Waals surface area contributed by atoms with Crippen LogP contribution in [0.4, 0.5) is 0 Å². The molecule has 0 spiro atoms. The van der Waals surface area contributed by atoms with Crippen molar-refractivity contribution in [2.45, 2.75) is 0 Å². The number of hydrogen-bond acceptors (Lipinski definition) is 6. The molecule has 1 heterocycles. The Morgan fingerprint density at radius 2 is 1.67 bits per heavy atom. The van der Waals surface area contributed by atoms with Gasteiger partial charge in [-0.3, -0.25) is 9.69 Å². The molecular formula is C15H21NO5. The smallest absolute Gasteiger partial charge is 0.203 e. The summed E-state index contributed by atoms with van der Waals surface area (Å²) in [5.41, 5.74) is 0.552. The fourth-order valence-electron chi connectivity index (χ4n) is 2.30. The standard InChI is InChI=1S/C15H21NO5/c1-18-13-8-11(9-14(19-2)15(13)20-3)12(17)10-16-4-6-21-7-5-16/h8-9H,4-7,10H2,1-3H3. The number of hydrogen-bond donors (Lipinski definition) is 0. The van der Waals surface area contributed by atoms with Gasteiger partial charge in [0.2, 0.25) is 5.75 Å². The summed E-state index contributed by atoms with van der Waals surface area (Å²) in [6, 6.07) is 3.37. The van der Waals surface area contributed by atoms with Gasteiger partial charge >= 0.3 is 0 Å². The van der Waals surface area contributed by atoms with E-state index in [0.29, 0.717) is 42.6 Å². The summed E-state index contributed by atoms with van der Waals surface area (Å²) in [7, 11) is 4.61. The third-order valence-corrected chi connectivity index (χ3v) is 3.46. The van der Waals surface area contributed by atoms with Crippen LogP contribution >= 0.6 is 0 Å². The highest BCUT2D eigenvalue weighted by Gasteiger charge is 2.19. The van der Waals surface area contributed by atoms with E-state index in [1.165, 1.54) is 21.3 Å². The molecule has 116 valence electrons. The van der Waals surface area contributed by atoms with Gasteiger partial charge < -0.3 is 18.9 Å². The molecule has 1 aliphatic rings. The average molecular weight is 295 g/mol. The minimum Gasteiger partial charge on any atom is -0.493 e. The summed E-state index contributed by atoms with van der Waals surface area (Å²) < 4.78 is 21.1. The fraction of sp³-hybridized carbons (Fsp3) is 0.533. The number of nitrogens with zero attached hydrogens (tertiary/aromatic N) is 1. The number of benzene rings is 1. The molecule has 0 atom stereocenters. The first-order chi connectivity index (χ1) is 10.2. The van der Waals surface area contributed by atoms with Crippen LogP contribution in [0.3, 0.4) is 0 Å². The lowest BCUT2D eigenvalue weighted by atomic mass is 10.1. The predicted molar refractivity (Wildman–Crippen MR) is 77.7 cm³/mol. The molecule has 6 heteroatoms. The third-order valence-electron chi connectivity index (χ3n) is 3.46. The molecule has 0 bridgehead atoms. The number of morpholine rings is 1. The van der Waals surface area contributed by atoms with Crippen molar-refractivity contribution in [3.63, 3.8) is 0 Å². The van der Waals surface area contributed by atoms with Crippen molar-refractivity contribution in [1.82, 2.24) is 4.90 Å². The van der Waals surface area contributed by atoms with Crippen LogP contribution in [0.15, 0.2) is 12.1 Å². The number of carbonyl (C=O) groups excluding carboxylic acids is 1. The largest absolute Gasteiger partial charge is 0.493 e. The summed E-state index contributed by atoms with van der Waals surface area (Å²) in [5.74, 6) is 1.49. The molecule has 0 unspecified atom stereocenters. The highest BCUT2D eigenvalue weighted by Crippen LogP contribution is 2.38. The van der Waals surface area contributed by atoms with Crippen LogP contribution in [0.2, 0.25) is 0 Å². The first kappa shape index (κ1) is 15.6. The summed E-state index contributed by atoms with van der Waals surface area (Å²) >= 11 is 0. The van der Waals surface area contributed by atoms with Crippen LogP contribution in [-0.2, 0) is 4.74 Å². The lowest BCUT2D eigenvalue weighted by molar-refractivity contribution is 0.0371. The van der Waals surface area contributed by atoms with Crippen molar-refractivity contribution in [2.75, 3.05) is 54.2 Å². The van der Waals surface area contributed by atoms with E-state index in [0.717, 1.165) is 13.1 Å². The molecule has 0 saturated carbocycles. The Morgan fingerprint density at radius 3 is 2.14 bits per heavy atom. The molecule has 1 aliphatic heterocycles. The first-order valence-corrected chi connectivity index (χ1v) is 6.83. The molecule has 0 amide bonds. The Kier molecular flexibility index (Phi) is 5.41. The van der Waals surface area contributed by atoms with E-state index in [4.69, 9.17) is 18.9 Å². The number of rotatable bonds is 6. The first-order valence-electron chi connectivity index (χ1n) is 6.83. The van der Waals surface area contributed by atoms with Gasteiger partial charge in [0.25, 0.3) is 0 Å². The van der Waals surface area contributed by atoms with Crippen molar-refractivity contribution in [2.24, 2.45) is 0 Å². The van der Waals surface area contributed by atoms with Crippen molar-refractivity contribution in [1.29, 1.82) is 0 Å².